The summed E-state index contributed by atoms with van der Waals surface area (Å²) in [5, 5.41) is 4.20. The van der Waals surface area contributed by atoms with Crippen molar-refractivity contribution in [2.24, 2.45) is 0 Å². The average molecular weight is 237 g/mol. The first kappa shape index (κ1) is 8.51. The Balaban J connectivity index is 2.53. The van der Waals surface area contributed by atoms with Crippen LogP contribution in [0, 0.1) is 6.92 Å². The van der Waals surface area contributed by atoms with Gasteiger partial charge in [0.05, 0.1) is 11.9 Å². The highest BCUT2D eigenvalue weighted by molar-refractivity contribution is 9.10. The van der Waals surface area contributed by atoms with E-state index in [0.717, 1.165) is 10.3 Å². The van der Waals surface area contributed by atoms with E-state index in [2.05, 4.69) is 40.1 Å². The van der Waals surface area contributed by atoms with Crippen molar-refractivity contribution >= 4 is 15.9 Å². The Kier molecular flexibility index (Phi) is 2.19. The fourth-order valence-electron chi connectivity index (χ4n) is 1.24. The van der Waals surface area contributed by atoms with Gasteiger partial charge in [0.25, 0.3) is 0 Å². The molecule has 0 radical (unpaired) electrons. The Morgan fingerprint density at radius 1 is 1.31 bits per heavy atom. The highest BCUT2D eigenvalue weighted by atomic mass is 79.9. The molecule has 2 nitrogen and oxygen atoms in total. The van der Waals surface area contributed by atoms with Crippen LogP contribution in [-0.4, -0.2) is 9.78 Å². The molecule has 1 aromatic heterocycles. The zero-order valence-electron chi connectivity index (χ0n) is 7.24. The summed E-state index contributed by atoms with van der Waals surface area (Å²) < 4.78 is 2.82. The van der Waals surface area contributed by atoms with Gasteiger partial charge in [0.15, 0.2) is 0 Å². The summed E-state index contributed by atoms with van der Waals surface area (Å²) in [5.41, 5.74) is 2.32. The first-order valence-electron chi connectivity index (χ1n) is 4.04. The monoisotopic (exact) mass is 236 g/mol. The molecular formula is C10H9BrN2. The van der Waals surface area contributed by atoms with Crippen molar-refractivity contribution in [3.63, 3.8) is 0 Å². The summed E-state index contributed by atoms with van der Waals surface area (Å²) in [4.78, 5) is 0. The van der Waals surface area contributed by atoms with Gasteiger partial charge in [-0.2, -0.15) is 5.10 Å². The number of hydrogen-bond donors (Lipinski definition) is 0. The summed E-state index contributed by atoms with van der Waals surface area (Å²) in [6, 6.07) is 10.1. The number of rotatable bonds is 1. The van der Waals surface area contributed by atoms with Crippen molar-refractivity contribution in [3.05, 3.63) is 46.7 Å². The molecule has 0 aliphatic heterocycles. The number of aromatic nitrogens is 2. The van der Waals surface area contributed by atoms with Crippen LogP contribution < -0.4 is 0 Å². The minimum absolute atomic E-state index is 0.970. The number of aryl methyl sites for hydroxylation is 1. The van der Waals surface area contributed by atoms with Gasteiger partial charge in [-0.05, 0) is 46.6 Å². The van der Waals surface area contributed by atoms with Crippen molar-refractivity contribution in [3.8, 4) is 5.69 Å². The smallest absolute Gasteiger partial charge is 0.109 e. The van der Waals surface area contributed by atoms with Crippen molar-refractivity contribution in [1.29, 1.82) is 0 Å². The maximum atomic E-state index is 4.20. The molecule has 13 heavy (non-hydrogen) atoms. The van der Waals surface area contributed by atoms with Crippen molar-refractivity contribution in [1.82, 2.24) is 9.78 Å². The molecule has 2 aromatic rings. The quantitative estimate of drug-likeness (QED) is 0.745. The second-order valence-electron chi connectivity index (χ2n) is 2.90. The van der Waals surface area contributed by atoms with Gasteiger partial charge in [-0.15, -0.1) is 0 Å². The summed E-state index contributed by atoms with van der Waals surface area (Å²) in [6.07, 6.45) is 1.77. The number of hydrogen-bond acceptors (Lipinski definition) is 1. The van der Waals surface area contributed by atoms with E-state index in [1.54, 1.807) is 6.20 Å². The van der Waals surface area contributed by atoms with E-state index < -0.39 is 0 Å². The molecule has 0 fully saturated rings. The lowest BCUT2D eigenvalue weighted by Crippen LogP contribution is -1.95. The van der Waals surface area contributed by atoms with Gasteiger partial charge < -0.3 is 0 Å². The molecule has 1 heterocycles. The lowest BCUT2D eigenvalue weighted by molar-refractivity contribution is 0.860. The van der Waals surface area contributed by atoms with Crippen molar-refractivity contribution < 1.29 is 0 Å². The Hall–Kier alpha value is -1.09. The molecule has 0 atom stereocenters. The van der Waals surface area contributed by atoms with Gasteiger partial charge in [0.1, 0.15) is 4.60 Å². The van der Waals surface area contributed by atoms with Gasteiger partial charge >= 0.3 is 0 Å². The molecule has 0 aliphatic rings. The minimum Gasteiger partial charge on any atom is -0.227 e. The molecule has 0 unspecified atom stereocenters. The van der Waals surface area contributed by atoms with E-state index in [9.17, 15) is 0 Å². The minimum atomic E-state index is 0.970. The number of halogens is 1. The average Bonchev–Trinajstić information content (AvgIpc) is 2.51. The standard InChI is InChI=1S/C10H9BrN2/c1-8-3-2-4-9(7-8)13-10(11)5-6-12-13/h2-7H,1H3. The van der Waals surface area contributed by atoms with E-state index in [0.29, 0.717) is 0 Å². The Morgan fingerprint density at radius 3 is 2.77 bits per heavy atom. The molecule has 2 rings (SSSR count). The zero-order valence-corrected chi connectivity index (χ0v) is 8.82. The van der Waals surface area contributed by atoms with E-state index in [1.165, 1.54) is 5.56 Å². The predicted octanol–water partition coefficient (Wildman–Crippen LogP) is 2.94. The molecule has 1 aromatic carbocycles. The van der Waals surface area contributed by atoms with Gasteiger partial charge in [0.2, 0.25) is 0 Å². The van der Waals surface area contributed by atoms with Crippen LogP contribution in [0.25, 0.3) is 5.69 Å². The SMILES string of the molecule is Cc1cccc(-n2nccc2Br)c1. The molecule has 0 bridgehead atoms. The molecule has 3 heteroatoms. The molecule has 66 valence electrons. The van der Waals surface area contributed by atoms with Crippen LogP contribution >= 0.6 is 15.9 Å². The molecule has 0 saturated heterocycles. The van der Waals surface area contributed by atoms with Crippen LogP contribution in [0.2, 0.25) is 0 Å². The van der Waals surface area contributed by atoms with Crippen LogP contribution in [0.15, 0.2) is 41.1 Å². The van der Waals surface area contributed by atoms with Gasteiger partial charge in [-0.25, -0.2) is 4.68 Å². The Bertz CT molecular complexity index is 420. The highest BCUT2D eigenvalue weighted by Gasteiger charge is 2.00. The molecule has 0 N–H and O–H groups in total. The molecule has 0 aliphatic carbocycles. The first-order chi connectivity index (χ1) is 6.27. The van der Waals surface area contributed by atoms with Crippen molar-refractivity contribution in [2.45, 2.75) is 6.92 Å². The van der Waals surface area contributed by atoms with Crippen LogP contribution in [-0.2, 0) is 0 Å². The number of nitrogens with zero attached hydrogens (tertiary/aromatic N) is 2. The third kappa shape index (κ3) is 1.65. The maximum absolute atomic E-state index is 4.20. The van der Waals surface area contributed by atoms with Gasteiger partial charge in [0, 0.05) is 0 Å². The molecular weight excluding hydrogens is 228 g/mol. The van der Waals surface area contributed by atoms with E-state index in [-0.39, 0.29) is 0 Å². The summed E-state index contributed by atoms with van der Waals surface area (Å²) in [5.74, 6) is 0. The Labute approximate surface area is 85.3 Å². The van der Waals surface area contributed by atoms with Crippen LogP contribution in [0.1, 0.15) is 5.56 Å². The topological polar surface area (TPSA) is 17.8 Å². The molecule has 0 amide bonds. The zero-order chi connectivity index (χ0) is 9.26. The maximum Gasteiger partial charge on any atom is 0.109 e. The second-order valence-corrected chi connectivity index (χ2v) is 3.72. The van der Waals surface area contributed by atoms with Crippen molar-refractivity contribution in [2.75, 3.05) is 0 Å². The second kappa shape index (κ2) is 3.34. The fraction of sp³-hybridized carbons (Fsp3) is 0.100. The highest BCUT2D eigenvalue weighted by Crippen LogP contribution is 2.15. The van der Waals surface area contributed by atoms with Crippen LogP contribution in [0.5, 0.6) is 0 Å². The number of benzene rings is 1. The Morgan fingerprint density at radius 2 is 2.15 bits per heavy atom. The lowest BCUT2D eigenvalue weighted by atomic mass is 10.2. The fourth-order valence-corrected chi connectivity index (χ4v) is 1.65. The summed E-state index contributed by atoms with van der Waals surface area (Å²) in [6.45, 7) is 2.07. The summed E-state index contributed by atoms with van der Waals surface area (Å²) in [7, 11) is 0. The van der Waals surface area contributed by atoms with Gasteiger partial charge in [-0.3, -0.25) is 0 Å². The van der Waals surface area contributed by atoms with Crippen LogP contribution in [0.4, 0.5) is 0 Å². The predicted molar refractivity (Wildman–Crippen MR) is 56.0 cm³/mol. The third-order valence-corrected chi connectivity index (χ3v) is 2.44. The lowest BCUT2D eigenvalue weighted by Gasteiger charge is -2.03. The molecule has 0 spiro atoms. The summed E-state index contributed by atoms with van der Waals surface area (Å²) >= 11 is 3.43. The largest absolute Gasteiger partial charge is 0.227 e. The van der Waals surface area contributed by atoms with Gasteiger partial charge in [-0.1, -0.05) is 12.1 Å². The molecule has 0 saturated carbocycles. The third-order valence-electron chi connectivity index (χ3n) is 1.84. The van der Waals surface area contributed by atoms with E-state index in [4.69, 9.17) is 0 Å². The van der Waals surface area contributed by atoms with Crippen LogP contribution in [0.3, 0.4) is 0 Å². The normalized spacial score (nSPS) is 10.3. The van der Waals surface area contributed by atoms with E-state index >= 15 is 0 Å². The van der Waals surface area contributed by atoms with E-state index in [1.807, 2.05) is 22.9 Å². The first-order valence-corrected chi connectivity index (χ1v) is 4.83.